The van der Waals surface area contributed by atoms with Gasteiger partial charge in [-0.05, 0) is 73.9 Å². The molecule has 2 heterocycles. The first-order valence-corrected chi connectivity index (χ1v) is 13.4. The van der Waals surface area contributed by atoms with Crippen LogP contribution >= 0.6 is 0 Å². The third-order valence-electron chi connectivity index (χ3n) is 8.24. The minimum Gasteiger partial charge on any atom is -0.478 e. The highest BCUT2D eigenvalue weighted by molar-refractivity contribution is 6.00. The third-order valence-corrected chi connectivity index (χ3v) is 8.24. The number of carbonyl (C=O) groups is 1. The maximum Gasteiger partial charge on any atom is 0.335 e. The van der Waals surface area contributed by atoms with Crippen molar-refractivity contribution in [3.05, 3.63) is 82.1 Å². The first-order chi connectivity index (χ1) is 17.8. The molecule has 1 fully saturated rings. The summed E-state index contributed by atoms with van der Waals surface area (Å²) in [5, 5.41) is 14.6. The van der Waals surface area contributed by atoms with E-state index in [9.17, 15) is 9.90 Å². The number of nitrogens with two attached hydrogens (primary N) is 1. The lowest BCUT2D eigenvalue weighted by Gasteiger charge is -2.24. The number of carboxylic acid groups (broad SMARTS) is 1. The van der Waals surface area contributed by atoms with E-state index in [0.717, 1.165) is 46.7 Å². The Morgan fingerprint density at radius 2 is 1.92 bits per heavy atom. The van der Waals surface area contributed by atoms with Gasteiger partial charge in [-0.2, -0.15) is 0 Å². The minimum absolute atomic E-state index is 0.338. The predicted molar refractivity (Wildman–Crippen MR) is 154 cm³/mol. The summed E-state index contributed by atoms with van der Waals surface area (Å²) in [6.45, 7) is 11.8. The summed E-state index contributed by atoms with van der Waals surface area (Å²) in [5.74, 6) is -0.404. The van der Waals surface area contributed by atoms with Gasteiger partial charge in [-0.3, -0.25) is 0 Å². The van der Waals surface area contributed by atoms with Crippen LogP contribution in [0.5, 0.6) is 0 Å². The van der Waals surface area contributed by atoms with Crippen molar-refractivity contribution in [2.45, 2.75) is 65.3 Å². The van der Waals surface area contributed by atoms with E-state index in [1.807, 2.05) is 26.0 Å². The number of rotatable bonds is 5. The van der Waals surface area contributed by atoms with Crippen LogP contribution < -0.4 is 11.1 Å². The van der Waals surface area contributed by atoms with E-state index in [1.54, 1.807) is 6.07 Å². The molecule has 2 aliphatic rings. The van der Waals surface area contributed by atoms with Gasteiger partial charge in [-0.1, -0.05) is 56.2 Å². The molecule has 1 aliphatic heterocycles. The summed E-state index contributed by atoms with van der Waals surface area (Å²) < 4.78 is 2.36. The molecule has 0 saturated heterocycles. The van der Waals surface area contributed by atoms with Crippen molar-refractivity contribution in [2.75, 3.05) is 11.9 Å². The SMILES string of the molecule is C=C(/C=C\c1c(C)ccc2c1NCCn1c-2c(C2CCCCC2)c2ccc(C(=O)O)cc21)/C(C)=C(\C)N. The fourth-order valence-electron chi connectivity index (χ4n) is 6.02. The second kappa shape index (κ2) is 9.97. The molecule has 2 aromatic carbocycles. The van der Waals surface area contributed by atoms with Crippen LogP contribution in [0.4, 0.5) is 5.69 Å². The highest BCUT2D eigenvalue weighted by Gasteiger charge is 2.29. The van der Waals surface area contributed by atoms with Gasteiger partial charge in [0.1, 0.15) is 0 Å². The number of fused-ring (bicyclic) bond motifs is 5. The number of hydrogen-bond acceptors (Lipinski definition) is 3. The maximum absolute atomic E-state index is 11.8. The molecule has 1 aliphatic carbocycles. The average molecular weight is 496 g/mol. The number of benzene rings is 2. The van der Waals surface area contributed by atoms with Crippen LogP contribution in [0.1, 0.15) is 78.9 Å². The van der Waals surface area contributed by atoms with Crippen molar-refractivity contribution < 1.29 is 9.90 Å². The van der Waals surface area contributed by atoms with Gasteiger partial charge in [0.15, 0.2) is 0 Å². The third kappa shape index (κ3) is 4.48. The number of aryl methyl sites for hydroxylation is 1. The van der Waals surface area contributed by atoms with Crippen LogP contribution in [0.3, 0.4) is 0 Å². The van der Waals surface area contributed by atoms with Crippen molar-refractivity contribution in [3.63, 3.8) is 0 Å². The van der Waals surface area contributed by atoms with E-state index in [4.69, 9.17) is 5.73 Å². The average Bonchev–Trinajstić information content (AvgIpc) is 3.08. The van der Waals surface area contributed by atoms with E-state index in [-0.39, 0.29) is 0 Å². The Morgan fingerprint density at radius 3 is 2.62 bits per heavy atom. The van der Waals surface area contributed by atoms with Gasteiger partial charge < -0.3 is 20.7 Å². The Kier molecular flexibility index (Phi) is 6.72. The van der Waals surface area contributed by atoms with E-state index >= 15 is 0 Å². The van der Waals surface area contributed by atoms with Crippen LogP contribution in [0.2, 0.25) is 0 Å². The number of aromatic carboxylic acids is 1. The standard InChI is InChI=1S/C32H37N3O2/c1-19(21(3)22(4)33)10-13-25-20(2)11-14-27-30(25)34-16-17-35-28-18-24(32(36)37)12-15-26(28)29(31(27)35)23-8-6-5-7-9-23/h10-15,18,23,34H,1,5-9,16-17,33H2,2-4H3,(H,36,37)/b13-10-,22-21+. The minimum atomic E-state index is -0.885. The largest absolute Gasteiger partial charge is 0.478 e. The lowest BCUT2D eigenvalue weighted by molar-refractivity contribution is 0.0697. The van der Waals surface area contributed by atoms with Gasteiger partial charge in [0.2, 0.25) is 0 Å². The Hall–Kier alpha value is -3.73. The van der Waals surface area contributed by atoms with Gasteiger partial charge in [0, 0.05) is 40.8 Å². The molecule has 5 heteroatoms. The lowest BCUT2D eigenvalue weighted by atomic mass is 9.81. The van der Waals surface area contributed by atoms with Crippen molar-refractivity contribution in [2.24, 2.45) is 5.73 Å². The monoisotopic (exact) mass is 495 g/mol. The van der Waals surface area contributed by atoms with Gasteiger partial charge >= 0.3 is 5.97 Å². The van der Waals surface area contributed by atoms with Crippen molar-refractivity contribution >= 4 is 28.6 Å². The molecule has 0 bridgehead atoms. The van der Waals surface area contributed by atoms with Crippen molar-refractivity contribution in [1.82, 2.24) is 4.57 Å². The maximum atomic E-state index is 11.8. The zero-order chi connectivity index (χ0) is 26.3. The van der Waals surface area contributed by atoms with Crippen LogP contribution in [-0.2, 0) is 6.54 Å². The molecule has 0 amide bonds. The number of allylic oxidation sites excluding steroid dienone is 4. The zero-order valence-corrected chi connectivity index (χ0v) is 22.2. The number of nitrogens with zero attached hydrogens (tertiary/aromatic N) is 1. The molecular weight excluding hydrogens is 458 g/mol. The summed E-state index contributed by atoms with van der Waals surface area (Å²) >= 11 is 0. The molecule has 1 aromatic heterocycles. The highest BCUT2D eigenvalue weighted by atomic mass is 16.4. The summed E-state index contributed by atoms with van der Waals surface area (Å²) in [5.41, 5.74) is 17.3. The number of hydrogen-bond donors (Lipinski definition) is 3. The molecule has 5 nitrogen and oxygen atoms in total. The van der Waals surface area contributed by atoms with Gasteiger partial charge in [0.05, 0.1) is 16.9 Å². The molecule has 0 unspecified atom stereocenters. The molecule has 3 aromatic rings. The smallest absolute Gasteiger partial charge is 0.335 e. The summed E-state index contributed by atoms with van der Waals surface area (Å²) in [7, 11) is 0. The Labute approximate surface area is 219 Å². The Morgan fingerprint density at radius 1 is 1.16 bits per heavy atom. The second-order valence-electron chi connectivity index (χ2n) is 10.6. The fourth-order valence-corrected chi connectivity index (χ4v) is 6.02. The number of aromatic nitrogens is 1. The van der Waals surface area contributed by atoms with Gasteiger partial charge in [-0.15, -0.1) is 0 Å². The summed E-state index contributed by atoms with van der Waals surface area (Å²) in [6, 6.07) is 10.1. The van der Waals surface area contributed by atoms with Crippen molar-refractivity contribution in [1.29, 1.82) is 0 Å². The molecule has 0 spiro atoms. The van der Waals surface area contributed by atoms with Crippen LogP contribution in [0.15, 0.2) is 59.8 Å². The van der Waals surface area contributed by atoms with Crippen LogP contribution in [0.25, 0.3) is 28.2 Å². The molecule has 37 heavy (non-hydrogen) atoms. The fraction of sp³-hybridized carbons (Fsp3) is 0.344. The number of anilines is 1. The number of nitrogens with one attached hydrogen (secondary N) is 1. The quantitative estimate of drug-likeness (QED) is 0.318. The zero-order valence-electron chi connectivity index (χ0n) is 22.2. The summed E-state index contributed by atoms with van der Waals surface area (Å²) in [4.78, 5) is 11.8. The molecule has 1 saturated carbocycles. The van der Waals surface area contributed by atoms with E-state index in [1.165, 1.54) is 59.9 Å². The Bertz CT molecular complexity index is 1460. The Balaban J connectivity index is 1.75. The topological polar surface area (TPSA) is 80.3 Å². The summed E-state index contributed by atoms with van der Waals surface area (Å²) in [6.07, 6.45) is 10.3. The predicted octanol–water partition coefficient (Wildman–Crippen LogP) is 7.61. The lowest BCUT2D eigenvalue weighted by Crippen LogP contribution is -2.08. The molecule has 0 atom stereocenters. The van der Waals surface area contributed by atoms with Crippen LogP contribution in [-0.4, -0.2) is 22.2 Å². The van der Waals surface area contributed by atoms with Crippen LogP contribution in [0, 0.1) is 6.92 Å². The van der Waals surface area contributed by atoms with Gasteiger partial charge in [-0.25, -0.2) is 4.79 Å². The molecule has 4 N–H and O–H groups in total. The van der Waals surface area contributed by atoms with Crippen molar-refractivity contribution in [3.8, 4) is 11.3 Å². The first-order valence-electron chi connectivity index (χ1n) is 13.4. The van der Waals surface area contributed by atoms with E-state index in [2.05, 4.69) is 47.7 Å². The highest BCUT2D eigenvalue weighted by Crippen LogP contribution is 2.47. The molecule has 0 radical (unpaired) electrons. The molecular formula is C32H37N3O2. The second-order valence-corrected chi connectivity index (χ2v) is 10.6. The molecule has 5 rings (SSSR count). The number of carboxylic acids is 1. The van der Waals surface area contributed by atoms with E-state index in [0.29, 0.717) is 11.5 Å². The van der Waals surface area contributed by atoms with Gasteiger partial charge in [0.25, 0.3) is 0 Å². The normalized spacial score (nSPS) is 16.6. The first kappa shape index (κ1) is 24.9. The molecule has 192 valence electrons. The van der Waals surface area contributed by atoms with E-state index < -0.39 is 5.97 Å².